The van der Waals surface area contributed by atoms with Crippen LogP contribution in [0.3, 0.4) is 0 Å². The third-order valence-electron chi connectivity index (χ3n) is 7.05. The molecule has 0 radical (unpaired) electrons. The molecular weight excluding hydrogens is 418 g/mol. The average molecular weight is 460 g/mol. The summed E-state index contributed by atoms with van der Waals surface area (Å²) in [6.45, 7) is 7.94. The van der Waals surface area contributed by atoms with Crippen LogP contribution in [0.1, 0.15) is 63.5 Å². The van der Waals surface area contributed by atoms with E-state index in [-0.39, 0.29) is 0 Å². The van der Waals surface area contributed by atoms with Gasteiger partial charge in [-0.15, -0.1) is 0 Å². The summed E-state index contributed by atoms with van der Waals surface area (Å²) in [4.78, 5) is 11.7. The van der Waals surface area contributed by atoms with E-state index in [4.69, 9.17) is 9.97 Å². The van der Waals surface area contributed by atoms with Crippen molar-refractivity contribution >= 4 is 22.7 Å². The molecule has 1 heterocycles. The fourth-order valence-electron chi connectivity index (χ4n) is 4.97. The first-order valence-corrected chi connectivity index (χ1v) is 12.9. The van der Waals surface area contributed by atoms with Crippen molar-refractivity contribution in [2.75, 3.05) is 30.9 Å². The summed E-state index contributed by atoms with van der Waals surface area (Å²) < 4.78 is 0. The van der Waals surface area contributed by atoms with Gasteiger partial charge in [-0.3, -0.25) is 0 Å². The lowest BCUT2D eigenvalue weighted by molar-refractivity contribution is 0.336. The van der Waals surface area contributed by atoms with Crippen LogP contribution in [0.2, 0.25) is 0 Å². The number of hydrogen-bond acceptors (Lipinski definition) is 5. The molecule has 182 valence electrons. The highest BCUT2D eigenvalue weighted by atomic mass is 15.2. The van der Waals surface area contributed by atoms with Gasteiger partial charge in [-0.2, -0.15) is 4.98 Å². The molecule has 2 N–H and O–H groups in total. The number of rotatable bonds is 9. The van der Waals surface area contributed by atoms with Gasteiger partial charge in [0, 0.05) is 31.6 Å². The van der Waals surface area contributed by atoms with Crippen molar-refractivity contribution in [1.29, 1.82) is 0 Å². The molecule has 0 spiro atoms. The Morgan fingerprint density at radius 2 is 1.56 bits per heavy atom. The van der Waals surface area contributed by atoms with Gasteiger partial charge in [0.1, 0.15) is 5.82 Å². The first-order valence-electron chi connectivity index (χ1n) is 12.9. The van der Waals surface area contributed by atoms with E-state index in [0.717, 1.165) is 48.5 Å². The molecule has 1 aliphatic rings. The molecule has 1 saturated carbocycles. The molecule has 5 heteroatoms. The van der Waals surface area contributed by atoms with Crippen molar-refractivity contribution in [3.63, 3.8) is 0 Å². The summed E-state index contributed by atoms with van der Waals surface area (Å²) >= 11 is 0. The predicted octanol–water partition coefficient (Wildman–Crippen LogP) is 6.01. The molecule has 1 fully saturated rings. The molecule has 0 saturated heterocycles. The molecule has 34 heavy (non-hydrogen) atoms. The lowest BCUT2D eigenvalue weighted by atomic mass is 9.90. The van der Waals surface area contributed by atoms with Crippen LogP contribution in [-0.2, 0) is 6.42 Å². The minimum Gasteiger partial charge on any atom is -0.362 e. The molecule has 1 unspecified atom stereocenters. The number of para-hydroxylation sites is 1. The van der Waals surface area contributed by atoms with Gasteiger partial charge in [0.05, 0.1) is 5.52 Å². The Morgan fingerprint density at radius 1 is 0.882 bits per heavy atom. The number of nitrogens with one attached hydrogen (secondary N) is 2. The maximum atomic E-state index is 4.82. The Hall–Kier alpha value is -2.66. The quantitative estimate of drug-likeness (QED) is 0.410. The van der Waals surface area contributed by atoms with Crippen LogP contribution in [0.15, 0.2) is 48.5 Å². The van der Waals surface area contributed by atoms with E-state index >= 15 is 0 Å². The van der Waals surface area contributed by atoms with Crippen molar-refractivity contribution in [3.8, 4) is 0 Å². The zero-order chi connectivity index (χ0) is 24.1. The van der Waals surface area contributed by atoms with Crippen LogP contribution in [0.25, 0.3) is 10.9 Å². The topological polar surface area (TPSA) is 53.1 Å². The summed E-state index contributed by atoms with van der Waals surface area (Å²) in [5.74, 6) is 2.95. The predicted molar refractivity (Wildman–Crippen MR) is 145 cm³/mol. The van der Waals surface area contributed by atoms with Crippen LogP contribution in [0.5, 0.6) is 0 Å². The summed E-state index contributed by atoms with van der Waals surface area (Å²) in [5, 5.41) is 8.55. The van der Waals surface area contributed by atoms with Gasteiger partial charge < -0.3 is 15.5 Å². The number of hydrogen-bond donors (Lipinski definition) is 2. The zero-order valence-corrected chi connectivity index (χ0v) is 21.5. The van der Waals surface area contributed by atoms with Crippen molar-refractivity contribution in [1.82, 2.24) is 15.3 Å². The van der Waals surface area contributed by atoms with Crippen molar-refractivity contribution < 1.29 is 0 Å². The smallest absolute Gasteiger partial charge is 0.225 e. The lowest BCUT2D eigenvalue weighted by Gasteiger charge is -2.31. The molecule has 1 atom stereocenters. The maximum absolute atomic E-state index is 4.82. The molecule has 2 aromatic carbocycles. The first kappa shape index (κ1) is 24.5. The van der Waals surface area contributed by atoms with E-state index in [1.165, 1.54) is 24.0 Å². The third kappa shape index (κ3) is 6.26. The van der Waals surface area contributed by atoms with Gasteiger partial charge in [-0.25, -0.2) is 4.98 Å². The van der Waals surface area contributed by atoms with E-state index in [0.29, 0.717) is 23.9 Å². The fourth-order valence-corrected chi connectivity index (χ4v) is 4.97. The first-order chi connectivity index (χ1) is 16.4. The number of anilines is 2. The average Bonchev–Trinajstić information content (AvgIpc) is 2.83. The summed E-state index contributed by atoms with van der Waals surface area (Å²) in [7, 11) is 4.08. The standard InChI is InChI=1S/C29H41N5/c1-20(2)23-12-10-22(11-13-23)18-21(3)19-30-24-14-16-25(17-15-24)31-29-32-27-9-7-6-8-26(27)28(33-29)34(4)5/h6-13,20-21,24-25,30H,14-19H2,1-5H3,(H,31,32,33)/t21?,24-,25+. The van der Waals surface area contributed by atoms with E-state index in [1.54, 1.807) is 0 Å². The molecule has 0 amide bonds. The van der Waals surface area contributed by atoms with Gasteiger partial charge in [0.25, 0.3) is 0 Å². The highest BCUT2D eigenvalue weighted by Crippen LogP contribution is 2.26. The number of fused-ring (bicyclic) bond motifs is 1. The van der Waals surface area contributed by atoms with E-state index < -0.39 is 0 Å². The molecule has 0 aliphatic heterocycles. The van der Waals surface area contributed by atoms with Gasteiger partial charge >= 0.3 is 0 Å². The molecule has 0 bridgehead atoms. The molecule has 5 nitrogen and oxygen atoms in total. The van der Waals surface area contributed by atoms with E-state index in [2.05, 4.69) is 72.7 Å². The SMILES string of the molecule is CC(CN[C@H]1CC[C@@H](Nc2nc(N(C)C)c3ccccc3n2)CC1)Cc1ccc(C(C)C)cc1. The normalized spacial score (nSPS) is 19.4. The molecule has 4 rings (SSSR count). The Labute approximate surface area is 205 Å². The third-order valence-corrected chi connectivity index (χ3v) is 7.05. The summed E-state index contributed by atoms with van der Waals surface area (Å²) in [6, 6.07) is 18.5. The fraction of sp³-hybridized carbons (Fsp3) is 0.517. The van der Waals surface area contributed by atoms with Crippen molar-refractivity contribution in [2.24, 2.45) is 5.92 Å². The van der Waals surface area contributed by atoms with Crippen LogP contribution < -0.4 is 15.5 Å². The molecule has 1 aliphatic carbocycles. The Morgan fingerprint density at radius 3 is 2.24 bits per heavy atom. The Balaban J connectivity index is 1.24. The minimum absolute atomic E-state index is 0.436. The summed E-state index contributed by atoms with van der Waals surface area (Å²) in [5.41, 5.74) is 3.86. The van der Waals surface area contributed by atoms with Crippen LogP contribution in [0, 0.1) is 5.92 Å². The monoisotopic (exact) mass is 459 g/mol. The maximum Gasteiger partial charge on any atom is 0.225 e. The highest BCUT2D eigenvalue weighted by molar-refractivity contribution is 5.90. The minimum atomic E-state index is 0.436. The second-order valence-electron chi connectivity index (χ2n) is 10.6. The number of nitrogens with zero attached hydrogens (tertiary/aromatic N) is 3. The second-order valence-corrected chi connectivity index (χ2v) is 10.6. The molecule has 3 aromatic rings. The second kappa shape index (κ2) is 11.2. The number of benzene rings is 2. The van der Waals surface area contributed by atoms with Crippen LogP contribution in [0.4, 0.5) is 11.8 Å². The van der Waals surface area contributed by atoms with Crippen LogP contribution in [-0.4, -0.2) is 42.7 Å². The van der Waals surface area contributed by atoms with Gasteiger partial charge in [-0.05, 0) is 73.7 Å². The zero-order valence-electron chi connectivity index (χ0n) is 21.5. The Bertz CT molecular complexity index is 1050. The highest BCUT2D eigenvalue weighted by Gasteiger charge is 2.22. The van der Waals surface area contributed by atoms with Crippen LogP contribution >= 0.6 is 0 Å². The van der Waals surface area contributed by atoms with Gasteiger partial charge in [-0.1, -0.05) is 57.2 Å². The van der Waals surface area contributed by atoms with Gasteiger partial charge in [0.2, 0.25) is 5.95 Å². The largest absolute Gasteiger partial charge is 0.362 e. The van der Waals surface area contributed by atoms with Crippen molar-refractivity contribution in [2.45, 2.75) is 70.9 Å². The van der Waals surface area contributed by atoms with E-state index in [1.807, 2.05) is 26.2 Å². The molecule has 1 aromatic heterocycles. The lowest BCUT2D eigenvalue weighted by Crippen LogP contribution is -2.39. The number of aromatic nitrogens is 2. The van der Waals surface area contributed by atoms with Gasteiger partial charge in [0.15, 0.2) is 0 Å². The Kier molecular flexibility index (Phi) is 8.04. The summed E-state index contributed by atoms with van der Waals surface area (Å²) in [6.07, 6.45) is 5.82. The van der Waals surface area contributed by atoms with E-state index in [9.17, 15) is 0 Å². The molecular formula is C29H41N5. The van der Waals surface area contributed by atoms with Crippen molar-refractivity contribution in [3.05, 3.63) is 59.7 Å².